The molecule has 6 rings (SSSR count). The zero-order chi connectivity index (χ0) is 23.1. The highest BCUT2D eigenvalue weighted by molar-refractivity contribution is 5.91. The van der Waals surface area contributed by atoms with Crippen LogP contribution in [0.25, 0.3) is 22.0 Å². The molecule has 6 nitrogen and oxygen atoms in total. The number of ether oxygens (including phenoxy) is 4. The van der Waals surface area contributed by atoms with Gasteiger partial charge in [0.05, 0.1) is 24.7 Å². The maximum absolute atomic E-state index is 6.33. The number of rotatable bonds is 6. The summed E-state index contributed by atoms with van der Waals surface area (Å²) in [6.45, 7) is 4.83. The molecule has 0 unspecified atom stereocenters. The fraction of sp³-hybridized carbons (Fsp3) is 0.286. The fourth-order valence-corrected chi connectivity index (χ4v) is 4.92. The second-order valence-corrected chi connectivity index (χ2v) is 8.89. The lowest BCUT2D eigenvalue weighted by molar-refractivity contribution is -0.697. The summed E-state index contributed by atoms with van der Waals surface area (Å²) >= 11 is 0. The third-order valence-corrected chi connectivity index (χ3v) is 6.61. The van der Waals surface area contributed by atoms with Crippen LogP contribution in [0.4, 0.5) is 0 Å². The molecule has 36 heavy (non-hydrogen) atoms. The number of pyridine rings is 2. The lowest BCUT2D eigenvalue weighted by atomic mass is 9.95. The molecule has 188 valence electrons. The number of halogens is 2. The largest absolute Gasteiger partial charge is 1.00 e. The van der Waals surface area contributed by atoms with Crippen molar-refractivity contribution in [3.05, 3.63) is 72.2 Å². The Morgan fingerprint density at radius 2 is 1.83 bits per heavy atom. The van der Waals surface area contributed by atoms with Gasteiger partial charge in [-0.2, -0.15) is 4.57 Å². The van der Waals surface area contributed by atoms with Gasteiger partial charge >= 0.3 is 0 Å². The quantitative estimate of drug-likeness (QED) is 0.219. The Bertz CT molecular complexity index is 1410. The van der Waals surface area contributed by atoms with Crippen molar-refractivity contribution in [3.63, 3.8) is 0 Å². The van der Waals surface area contributed by atoms with Gasteiger partial charge in [-0.25, -0.2) is 4.57 Å². The predicted molar refractivity (Wildman–Crippen MR) is 127 cm³/mol. The van der Waals surface area contributed by atoms with Crippen LogP contribution < -0.4 is 52.9 Å². The summed E-state index contributed by atoms with van der Waals surface area (Å²) in [7, 11) is 1.70. The SMILES string of the molecule is COc1ccc2cc3[n+](cc2c1OCCC[n+]1cccc(C)c1)CCc1cc2c(cc1-3)OCO2.[Cl-].[Cl-]. The van der Waals surface area contributed by atoms with Crippen LogP contribution in [0.5, 0.6) is 23.0 Å². The number of aryl methyl sites for hydroxylation is 4. The maximum atomic E-state index is 6.33. The minimum absolute atomic E-state index is 0. The van der Waals surface area contributed by atoms with Gasteiger partial charge in [0.1, 0.15) is 0 Å². The van der Waals surface area contributed by atoms with E-state index in [0.29, 0.717) is 13.4 Å². The number of hydrogen-bond donors (Lipinski definition) is 0. The Hall–Kier alpha value is -3.22. The van der Waals surface area contributed by atoms with Crippen LogP contribution in [0, 0.1) is 6.92 Å². The molecule has 0 saturated carbocycles. The van der Waals surface area contributed by atoms with E-state index >= 15 is 0 Å². The van der Waals surface area contributed by atoms with Crippen LogP contribution in [-0.4, -0.2) is 20.5 Å². The minimum atomic E-state index is 0. The lowest BCUT2D eigenvalue weighted by Gasteiger charge is -2.18. The number of aromatic nitrogens is 2. The van der Waals surface area contributed by atoms with E-state index in [2.05, 4.69) is 71.0 Å². The summed E-state index contributed by atoms with van der Waals surface area (Å²) in [4.78, 5) is 0. The van der Waals surface area contributed by atoms with Crippen LogP contribution in [-0.2, 0) is 19.5 Å². The fourth-order valence-electron chi connectivity index (χ4n) is 4.92. The molecule has 0 radical (unpaired) electrons. The normalized spacial score (nSPS) is 12.7. The molecular formula is C28H28Cl2N2O4. The molecule has 0 spiro atoms. The molecule has 0 amide bonds. The van der Waals surface area contributed by atoms with Gasteiger partial charge in [-0.3, -0.25) is 0 Å². The van der Waals surface area contributed by atoms with Gasteiger partial charge < -0.3 is 43.8 Å². The van der Waals surface area contributed by atoms with Crippen molar-refractivity contribution < 1.29 is 52.9 Å². The molecule has 0 aliphatic carbocycles. The molecule has 2 aliphatic heterocycles. The zero-order valence-electron chi connectivity index (χ0n) is 20.3. The van der Waals surface area contributed by atoms with Crippen LogP contribution in [0.3, 0.4) is 0 Å². The van der Waals surface area contributed by atoms with Crippen molar-refractivity contribution in [2.24, 2.45) is 0 Å². The summed E-state index contributed by atoms with van der Waals surface area (Å²) in [6.07, 6.45) is 8.31. The van der Waals surface area contributed by atoms with Gasteiger partial charge in [0, 0.05) is 30.5 Å². The first-order valence-corrected chi connectivity index (χ1v) is 11.8. The first kappa shape index (κ1) is 25.9. The summed E-state index contributed by atoms with van der Waals surface area (Å²) in [5.41, 5.74) is 4.93. The Labute approximate surface area is 223 Å². The van der Waals surface area contributed by atoms with Crippen molar-refractivity contribution in [3.8, 4) is 34.3 Å². The minimum Gasteiger partial charge on any atom is -1.00 e. The molecule has 0 fully saturated rings. The van der Waals surface area contributed by atoms with Gasteiger partial charge in [0.15, 0.2) is 54.7 Å². The maximum Gasteiger partial charge on any atom is 0.231 e. The Morgan fingerprint density at radius 3 is 2.64 bits per heavy atom. The first-order valence-electron chi connectivity index (χ1n) is 11.8. The van der Waals surface area contributed by atoms with Crippen molar-refractivity contribution >= 4 is 10.8 Å². The number of benzene rings is 2. The molecule has 2 aromatic carbocycles. The molecular weight excluding hydrogens is 499 g/mol. The summed E-state index contributed by atoms with van der Waals surface area (Å²) < 4.78 is 27.7. The summed E-state index contributed by atoms with van der Waals surface area (Å²) in [6, 6.07) is 14.8. The van der Waals surface area contributed by atoms with Gasteiger partial charge in [-0.1, -0.05) is 0 Å². The average Bonchev–Trinajstić information content (AvgIpc) is 3.31. The molecule has 0 bridgehead atoms. The summed E-state index contributed by atoms with van der Waals surface area (Å²) in [5, 5.41) is 2.19. The van der Waals surface area contributed by atoms with E-state index in [0.717, 1.165) is 59.7 Å². The standard InChI is InChI=1S/C28H28N2O4.2ClH/c1-19-5-3-9-29(16-19)10-4-12-32-28-23-17-30-11-8-21-14-26-27(34-18-33-26)15-22(21)24(30)13-20(23)6-7-25(28)31-2;;/h3,5-7,9,13-17H,4,8,10-12,18H2,1-2H3;2*1H/q+2;;/p-2. The van der Waals surface area contributed by atoms with Gasteiger partial charge in [0.25, 0.3) is 0 Å². The Kier molecular flexibility index (Phi) is 7.76. The monoisotopic (exact) mass is 526 g/mol. The molecule has 0 saturated heterocycles. The third-order valence-electron chi connectivity index (χ3n) is 6.61. The number of fused-ring (bicyclic) bond motifs is 5. The second kappa shape index (κ2) is 10.8. The molecule has 4 aromatic rings. The van der Waals surface area contributed by atoms with Crippen molar-refractivity contribution in [2.45, 2.75) is 32.9 Å². The van der Waals surface area contributed by atoms with E-state index in [1.165, 1.54) is 22.4 Å². The first-order chi connectivity index (χ1) is 16.7. The van der Waals surface area contributed by atoms with Crippen molar-refractivity contribution in [2.75, 3.05) is 20.5 Å². The van der Waals surface area contributed by atoms with E-state index < -0.39 is 0 Å². The van der Waals surface area contributed by atoms with Gasteiger partial charge in [-0.05, 0) is 48.2 Å². The Morgan fingerprint density at radius 1 is 1.00 bits per heavy atom. The average molecular weight is 527 g/mol. The van der Waals surface area contributed by atoms with Crippen LogP contribution in [0.2, 0.25) is 0 Å². The van der Waals surface area contributed by atoms with E-state index in [4.69, 9.17) is 18.9 Å². The molecule has 2 aromatic heterocycles. The van der Waals surface area contributed by atoms with Crippen LogP contribution >= 0.6 is 0 Å². The van der Waals surface area contributed by atoms with Gasteiger partial charge in [0.2, 0.25) is 12.5 Å². The predicted octanol–water partition coefficient (Wildman–Crippen LogP) is -1.84. The van der Waals surface area contributed by atoms with Gasteiger partial charge in [-0.15, -0.1) is 0 Å². The molecule has 2 aliphatic rings. The topological polar surface area (TPSA) is 44.7 Å². The number of hydrogen-bond acceptors (Lipinski definition) is 4. The Balaban J connectivity index is 0.00000152. The van der Waals surface area contributed by atoms with Crippen molar-refractivity contribution in [1.82, 2.24) is 0 Å². The van der Waals surface area contributed by atoms with E-state index in [-0.39, 0.29) is 24.8 Å². The summed E-state index contributed by atoms with van der Waals surface area (Å²) in [5.74, 6) is 3.23. The van der Waals surface area contributed by atoms with Crippen LogP contribution in [0.15, 0.2) is 61.1 Å². The second-order valence-electron chi connectivity index (χ2n) is 8.89. The highest BCUT2D eigenvalue weighted by Gasteiger charge is 2.28. The smallest absolute Gasteiger partial charge is 0.231 e. The highest BCUT2D eigenvalue weighted by atomic mass is 35.5. The van der Waals surface area contributed by atoms with Crippen LogP contribution in [0.1, 0.15) is 17.5 Å². The van der Waals surface area contributed by atoms with E-state index in [9.17, 15) is 0 Å². The lowest BCUT2D eigenvalue weighted by Crippen LogP contribution is -3.00. The highest BCUT2D eigenvalue weighted by Crippen LogP contribution is 2.41. The third kappa shape index (κ3) is 4.75. The number of nitrogens with zero attached hydrogens (tertiary/aromatic N) is 2. The van der Waals surface area contributed by atoms with Crippen molar-refractivity contribution in [1.29, 1.82) is 0 Å². The van der Waals surface area contributed by atoms with E-state index in [1.54, 1.807) is 7.11 Å². The molecule has 0 N–H and O–H groups in total. The molecule has 0 atom stereocenters. The molecule has 8 heteroatoms. The van der Waals surface area contributed by atoms with E-state index in [1.807, 2.05) is 6.07 Å². The molecule has 4 heterocycles. The number of methoxy groups -OCH3 is 1. The zero-order valence-corrected chi connectivity index (χ0v) is 21.8.